The number of phenols is 1. The molecule has 0 fully saturated rings. The summed E-state index contributed by atoms with van der Waals surface area (Å²) in [6.45, 7) is 1.44. The van der Waals surface area contributed by atoms with Gasteiger partial charge in [0, 0.05) is 12.1 Å². The number of ketones is 1. The molecule has 5 nitrogen and oxygen atoms in total. The fraction of sp³-hybridized carbons (Fsp3) is 0.385. The van der Waals surface area contributed by atoms with Gasteiger partial charge in [0.1, 0.15) is 5.75 Å². The second-order valence-electron chi connectivity index (χ2n) is 4.19. The fourth-order valence-electron chi connectivity index (χ4n) is 1.58. The van der Waals surface area contributed by atoms with E-state index >= 15 is 0 Å². The van der Waals surface area contributed by atoms with Crippen molar-refractivity contribution in [2.75, 3.05) is 14.2 Å². The molecule has 1 aromatic rings. The van der Waals surface area contributed by atoms with Gasteiger partial charge in [0.25, 0.3) is 0 Å². The number of benzene rings is 1. The summed E-state index contributed by atoms with van der Waals surface area (Å²) in [4.78, 5) is 23.7. The minimum absolute atomic E-state index is 0.0414. The van der Waals surface area contributed by atoms with E-state index in [1.54, 1.807) is 0 Å². The highest BCUT2D eigenvalue weighted by Crippen LogP contribution is 2.26. The van der Waals surface area contributed by atoms with Crippen LogP contribution < -0.4 is 0 Å². The number of hydrogen-bond donors (Lipinski definition) is 1. The number of carbonyl (C=O) groups is 2. The first-order valence-corrected chi connectivity index (χ1v) is 5.87. The molecule has 0 spiro atoms. The van der Waals surface area contributed by atoms with Gasteiger partial charge >= 0.3 is 5.97 Å². The van der Waals surface area contributed by atoms with Crippen molar-refractivity contribution in [1.29, 1.82) is 0 Å². The Labute approximate surface area is 116 Å². The lowest BCUT2D eigenvalue weighted by Crippen LogP contribution is -2.40. The summed E-state index contributed by atoms with van der Waals surface area (Å²) in [6.07, 6.45) is -0.260. The molecular formula is C13H15ClO5. The Morgan fingerprint density at radius 2 is 2.00 bits per heavy atom. The van der Waals surface area contributed by atoms with E-state index in [0.717, 1.165) is 0 Å². The molecule has 1 atom stereocenters. The third-order valence-electron chi connectivity index (χ3n) is 2.82. The van der Waals surface area contributed by atoms with Gasteiger partial charge < -0.3 is 14.6 Å². The van der Waals surface area contributed by atoms with Crippen LogP contribution in [0.15, 0.2) is 18.2 Å². The summed E-state index contributed by atoms with van der Waals surface area (Å²) in [5.74, 6) is -1.32. The third kappa shape index (κ3) is 3.45. The van der Waals surface area contributed by atoms with Crippen molar-refractivity contribution in [3.05, 3.63) is 28.8 Å². The number of carbonyl (C=O) groups excluding carboxylic acids is 2. The highest BCUT2D eigenvalue weighted by atomic mass is 35.5. The molecule has 0 aliphatic heterocycles. The van der Waals surface area contributed by atoms with E-state index in [4.69, 9.17) is 16.3 Å². The SMILES string of the molecule is COC(=O)[C@](C)(CC(=O)c1cc(Cl)ccc1O)OC. The van der Waals surface area contributed by atoms with Crippen LogP contribution in [-0.4, -0.2) is 36.7 Å². The van der Waals surface area contributed by atoms with Gasteiger partial charge in [-0.05, 0) is 25.1 Å². The third-order valence-corrected chi connectivity index (χ3v) is 3.06. The zero-order chi connectivity index (χ0) is 14.6. The highest BCUT2D eigenvalue weighted by molar-refractivity contribution is 6.31. The predicted octanol–water partition coefficient (Wildman–Crippen LogP) is 2.20. The molecule has 0 saturated heterocycles. The van der Waals surface area contributed by atoms with Gasteiger partial charge in [0.05, 0.1) is 19.1 Å². The van der Waals surface area contributed by atoms with Crippen molar-refractivity contribution in [1.82, 2.24) is 0 Å². The van der Waals surface area contributed by atoms with E-state index in [2.05, 4.69) is 4.74 Å². The molecule has 0 bridgehead atoms. The van der Waals surface area contributed by atoms with Gasteiger partial charge in [-0.1, -0.05) is 11.6 Å². The molecule has 104 valence electrons. The molecule has 0 unspecified atom stereocenters. The maximum Gasteiger partial charge on any atom is 0.338 e. The summed E-state index contributed by atoms with van der Waals surface area (Å²) in [6, 6.07) is 4.12. The maximum absolute atomic E-state index is 12.1. The number of esters is 1. The number of Topliss-reactive ketones (excluding diaryl/α,β-unsaturated/α-hetero) is 1. The highest BCUT2D eigenvalue weighted by Gasteiger charge is 2.37. The van der Waals surface area contributed by atoms with Crippen LogP contribution >= 0.6 is 11.6 Å². The number of aromatic hydroxyl groups is 1. The van der Waals surface area contributed by atoms with E-state index in [0.29, 0.717) is 5.02 Å². The van der Waals surface area contributed by atoms with E-state index < -0.39 is 17.4 Å². The van der Waals surface area contributed by atoms with E-state index in [-0.39, 0.29) is 17.7 Å². The van der Waals surface area contributed by atoms with Gasteiger partial charge in [-0.2, -0.15) is 0 Å². The maximum atomic E-state index is 12.1. The fourth-order valence-corrected chi connectivity index (χ4v) is 1.75. The van der Waals surface area contributed by atoms with Gasteiger partial charge in [0.15, 0.2) is 11.4 Å². The van der Waals surface area contributed by atoms with E-state index in [1.165, 1.54) is 39.3 Å². The zero-order valence-corrected chi connectivity index (χ0v) is 11.7. The molecule has 0 amide bonds. The molecule has 1 rings (SSSR count). The van der Waals surface area contributed by atoms with Crippen molar-refractivity contribution in [3.63, 3.8) is 0 Å². The normalized spacial score (nSPS) is 13.7. The number of halogens is 1. The van der Waals surface area contributed by atoms with Crippen LogP contribution in [-0.2, 0) is 14.3 Å². The topological polar surface area (TPSA) is 72.8 Å². The van der Waals surface area contributed by atoms with Crippen molar-refractivity contribution in [2.45, 2.75) is 18.9 Å². The molecule has 0 aromatic heterocycles. The molecule has 0 heterocycles. The summed E-state index contributed by atoms with van der Waals surface area (Å²) < 4.78 is 9.64. The Kier molecular flexibility index (Phi) is 4.91. The van der Waals surface area contributed by atoms with Crippen LogP contribution in [0.25, 0.3) is 0 Å². The van der Waals surface area contributed by atoms with Crippen molar-refractivity contribution >= 4 is 23.4 Å². The lowest BCUT2D eigenvalue weighted by Gasteiger charge is -2.24. The first-order valence-electron chi connectivity index (χ1n) is 5.49. The number of hydrogen-bond acceptors (Lipinski definition) is 5. The lowest BCUT2D eigenvalue weighted by atomic mass is 9.95. The average Bonchev–Trinajstić information content (AvgIpc) is 2.40. The molecule has 0 aliphatic carbocycles. The van der Waals surface area contributed by atoms with Gasteiger partial charge in [-0.25, -0.2) is 4.79 Å². The first kappa shape index (κ1) is 15.5. The summed E-state index contributed by atoms with van der Waals surface area (Å²) in [7, 11) is 2.52. The van der Waals surface area contributed by atoms with Gasteiger partial charge in [0.2, 0.25) is 0 Å². The summed E-state index contributed by atoms with van der Waals surface area (Å²) in [5, 5.41) is 9.95. The van der Waals surface area contributed by atoms with Gasteiger partial charge in [-0.3, -0.25) is 4.79 Å². The number of ether oxygens (including phenoxy) is 2. The van der Waals surface area contributed by atoms with Crippen LogP contribution in [0.4, 0.5) is 0 Å². The van der Waals surface area contributed by atoms with Crippen LogP contribution in [0.3, 0.4) is 0 Å². The molecule has 19 heavy (non-hydrogen) atoms. The Morgan fingerprint density at radius 1 is 1.37 bits per heavy atom. The largest absolute Gasteiger partial charge is 0.507 e. The minimum atomic E-state index is -1.40. The molecule has 1 N–H and O–H groups in total. The average molecular weight is 287 g/mol. The monoisotopic (exact) mass is 286 g/mol. The second kappa shape index (κ2) is 6.04. The Bertz CT molecular complexity index is 500. The number of rotatable bonds is 5. The summed E-state index contributed by atoms with van der Waals surface area (Å²) in [5.41, 5.74) is -1.36. The van der Waals surface area contributed by atoms with Crippen LogP contribution in [0, 0.1) is 0 Å². The molecule has 1 aromatic carbocycles. The summed E-state index contributed by atoms with van der Waals surface area (Å²) >= 11 is 5.77. The minimum Gasteiger partial charge on any atom is -0.507 e. The zero-order valence-electron chi connectivity index (χ0n) is 10.9. The van der Waals surface area contributed by atoms with E-state index in [1.807, 2.05) is 0 Å². The molecule has 0 saturated carbocycles. The van der Waals surface area contributed by atoms with Gasteiger partial charge in [-0.15, -0.1) is 0 Å². The van der Waals surface area contributed by atoms with Crippen LogP contribution in [0.5, 0.6) is 5.75 Å². The van der Waals surface area contributed by atoms with Crippen molar-refractivity contribution < 1.29 is 24.2 Å². The number of methoxy groups -OCH3 is 2. The predicted molar refractivity (Wildman–Crippen MR) is 69.5 cm³/mol. The van der Waals surface area contributed by atoms with E-state index in [9.17, 15) is 14.7 Å². The first-order chi connectivity index (χ1) is 8.84. The van der Waals surface area contributed by atoms with Crippen molar-refractivity contribution in [3.8, 4) is 5.75 Å². The smallest absolute Gasteiger partial charge is 0.338 e. The molecule has 6 heteroatoms. The lowest BCUT2D eigenvalue weighted by molar-refractivity contribution is -0.163. The van der Waals surface area contributed by atoms with Crippen molar-refractivity contribution in [2.24, 2.45) is 0 Å². The van der Waals surface area contributed by atoms with Crippen LogP contribution in [0.1, 0.15) is 23.7 Å². The number of phenolic OH excluding ortho intramolecular Hbond substituents is 1. The standard InChI is InChI=1S/C13H15ClO5/c1-13(19-3,12(17)18-2)7-11(16)9-6-8(14)4-5-10(9)15/h4-6,15H,7H2,1-3H3/t13-/m0/s1. The molecule has 0 radical (unpaired) electrons. The quantitative estimate of drug-likeness (QED) is 0.663. The van der Waals surface area contributed by atoms with Crippen LogP contribution in [0.2, 0.25) is 5.02 Å². The Hall–Kier alpha value is -1.59. The molecular weight excluding hydrogens is 272 g/mol. The Morgan fingerprint density at radius 3 is 2.53 bits per heavy atom. The Balaban J connectivity index is 3.01. The molecule has 0 aliphatic rings. The second-order valence-corrected chi connectivity index (χ2v) is 4.62.